The van der Waals surface area contributed by atoms with Crippen LogP contribution in [-0.2, 0) is 13.2 Å². The number of alkyl halides is 3. The van der Waals surface area contributed by atoms with Gasteiger partial charge < -0.3 is 5.11 Å². The number of aliphatic hydroxyl groups is 1. The first-order valence-electron chi connectivity index (χ1n) is 7.26. The van der Waals surface area contributed by atoms with Crippen molar-refractivity contribution in [1.29, 1.82) is 0 Å². The normalized spacial score (nSPS) is 18.2. The maximum atomic E-state index is 12.9. The van der Waals surface area contributed by atoms with Crippen molar-refractivity contribution < 1.29 is 18.3 Å². The lowest BCUT2D eigenvalue weighted by molar-refractivity contribution is -0.144. The number of aliphatic hydroxyl groups excluding tert-OH is 1. The Bertz CT molecular complexity index is 950. The van der Waals surface area contributed by atoms with Crippen molar-refractivity contribution >= 4 is 11.9 Å². The van der Waals surface area contributed by atoms with E-state index in [1.807, 2.05) is 0 Å². The molecule has 0 aliphatic carbocycles. The minimum absolute atomic E-state index is 0.146. The molecule has 0 saturated heterocycles. The van der Waals surface area contributed by atoms with Gasteiger partial charge in [0.2, 0.25) is 0 Å². The van der Waals surface area contributed by atoms with Gasteiger partial charge in [-0.15, -0.1) is 0 Å². The van der Waals surface area contributed by atoms with Crippen molar-refractivity contribution in [2.75, 3.05) is 0 Å². The number of rotatable bonds is 2. The molecule has 2 N–H and O–H groups in total. The molecule has 0 bridgehead atoms. The molecule has 2 aromatic rings. The number of hydrogen-bond donors (Lipinski definition) is 2. The lowest BCUT2D eigenvalue weighted by Crippen LogP contribution is -2.40. The first-order valence-corrected chi connectivity index (χ1v) is 8.08. The highest BCUT2D eigenvalue weighted by Crippen LogP contribution is 2.37. The second-order valence-corrected chi connectivity index (χ2v) is 6.58. The molecule has 0 spiro atoms. The van der Waals surface area contributed by atoms with Crippen molar-refractivity contribution in [2.24, 2.45) is 7.05 Å². The minimum atomic E-state index is -4.80. The van der Waals surface area contributed by atoms with E-state index in [2.05, 4.69) is 4.72 Å². The zero-order chi connectivity index (χ0) is 18.5. The standard InChI is InChI=1S/C15H14F3N3O3S/c1-7(22)13-9-5-8(3-4-10(9)25-19-13)21-12(23)6-11(15(16,17)18)20(2)14(21)24/h3-7,13,19,22H,1-2H3. The maximum absolute atomic E-state index is 12.9. The number of hydrogen-bond acceptors (Lipinski definition) is 5. The molecular weight excluding hydrogens is 359 g/mol. The van der Waals surface area contributed by atoms with Crippen LogP contribution in [0.25, 0.3) is 5.69 Å². The van der Waals surface area contributed by atoms with E-state index in [9.17, 15) is 27.9 Å². The second-order valence-electron chi connectivity index (χ2n) is 5.70. The number of nitrogens with zero attached hydrogens (tertiary/aromatic N) is 2. The SMILES string of the molecule is CC(O)C1NSc2ccc(-n3c(=O)cc(C(F)(F)F)n(C)c3=O)cc21. The zero-order valence-electron chi connectivity index (χ0n) is 13.2. The van der Waals surface area contributed by atoms with Gasteiger partial charge in [-0.1, -0.05) is 0 Å². The van der Waals surface area contributed by atoms with Gasteiger partial charge in [0.05, 0.1) is 17.8 Å². The molecule has 2 atom stereocenters. The highest BCUT2D eigenvalue weighted by molar-refractivity contribution is 7.97. The quantitative estimate of drug-likeness (QED) is 0.782. The molecule has 1 aromatic heterocycles. The number of benzene rings is 1. The molecule has 1 aliphatic rings. The number of nitrogens with one attached hydrogen (secondary N) is 1. The van der Waals surface area contributed by atoms with E-state index < -0.39 is 35.3 Å². The molecule has 0 amide bonds. The van der Waals surface area contributed by atoms with Crippen LogP contribution in [0.1, 0.15) is 24.2 Å². The summed E-state index contributed by atoms with van der Waals surface area (Å²) in [6.45, 7) is 1.59. The average molecular weight is 373 g/mol. The van der Waals surface area contributed by atoms with Crippen molar-refractivity contribution in [3.8, 4) is 5.69 Å². The van der Waals surface area contributed by atoms with Crippen molar-refractivity contribution in [1.82, 2.24) is 13.9 Å². The predicted octanol–water partition coefficient (Wildman–Crippen LogP) is 1.59. The fourth-order valence-electron chi connectivity index (χ4n) is 2.70. The Kier molecular flexibility index (Phi) is 4.30. The first kappa shape index (κ1) is 17.8. The van der Waals surface area contributed by atoms with Crippen LogP contribution in [0.3, 0.4) is 0 Å². The summed E-state index contributed by atoms with van der Waals surface area (Å²) < 4.78 is 42.8. The minimum Gasteiger partial charge on any atom is -0.391 e. The van der Waals surface area contributed by atoms with Crippen LogP contribution in [0.5, 0.6) is 0 Å². The Morgan fingerprint density at radius 1 is 1.28 bits per heavy atom. The summed E-state index contributed by atoms with van der Waals surface area (Å²) in [7, 11) is 0.963. The van der Waals surface area contributed by atoms with E-state index in [1.165, 1.54) is 24.1 Å². The molecule has 0 radical (unpaired) electrons. The lowest BCUT2D eigenvalue weighted by Gasteiger charge is -2.16. The van der Waals surface area contributed by atoms with Gasteiger partial charge >= 0.3 is 11.9 Å². The summed E-state index contributed by atoms with van der Waals surface area (Å²) >= 11 is 1.30. The molecule has 1 aliphatic heterocycles. The molecule has 25 heavy (non-hydrogen) atoms. The molecule has 6 nitrogen and oxygen atoms in total. The van der Waals surface area contributed by atoms with Crippen LogP contribution in [0.4, 0.5) is 13.2 Å². The Morgan fingerprint density at radius 2 is 1.96 bits per heavy atom. The molecule has 2 heterocycles. The Morgan fingerprint density at radius 3 is 2.56 bits per heavy atom. The number of halogens is 3. The van der Waals surface area contributed by atoms with Gasteiger partial charge in [-0.3, -0.25) is 9.36 Å². The fraction of sp³-hybridized carbons (Fsp3) is 0.333. The monoisotopic (exact) mass is 373 g/mol. The molecule has 134 valence electrons. The summed E-state index contributed by atoms with van der Waals surface area (Å²) in [5.74, 6) is 0. The van der Waals surface area contributed by atoms with Crippen LogP contribution in [0.2, 0.25) is 0 Å². The van der Waals surface area contributed by atoms with Crippen LogP contribution in [0, 0.1) is 0 Å². The van der Waals surface area contributed by atoms with Crippen molar-refractivity contribution in [3.63, 3.8) is 0 Å². The average Bonchev–Trinajstić information content (AvgIpc) is 2.93. The topological polar surface area (TPSA) is 76.3 Å². The van der Waals surface area contributed by atoms with E-state index in [0.29, 0.717) is 20.8 Å². The van der Waals surface area contributed by atoms with Crippen molar-refractivity contribution in [3.05, 3.63) is 56.4 Å². The molecular formula is C15H14F3N3O3S. The van der Waals surface area contributed by atoms with Gasteiger partial charge in [-0.2, -0.15) is 13.2 Å². The summed E-state index contributed by atoms with van der Waals surface area (Å²) in [5.41, 5.74) is -2.65. The third-order valence-electron chi connectivity index (χ3n) is 3.98. The van der Waals surface area contributed by atoms with Crippen LogP contribution < -0.4 is 16.0 Å². The van der Waals surface area contributed by atoms with Crippen LogP contribution >= 0.6 is 11.9 Å². The zero-order valence-corrected chi connectivity index (χ0v) is 14.0. The molecule has 0 fully saturated rings. The van der Waals surface area contributed by atoms with E-state index in [1.54, 1.807) is 13.0 Å². The fourth-order valence-corrected chi connectivity index (χ4v) is 3.71. The van der Waals surface area contributed by atoms with Gasteiger partial charge in [-0.05, 0) is 42.6 Å². The second kappa shape index (κ2) is 6.04. The Hall–Kier alpha value is -2.04. The Labute approximate surface area is 144 Å². The summed E-state index contributed by atoms with van der Waals surface area (Å²) in [5, 5.41) is 9.80. The van der Waals surface area contributed by atoms with E-state index in [-0.39, 0.29) is 5.69 Å². The van der Waals surface area contributed by atoms with Crippen LogP contribution in [-0.4, -0.2) is 20.3 Å². The molecule has 10 heteroatoms. The highest BCUT2D eigenvalue weighted by atomic mass is 32.2. The maximum Gasteiger partial charge on any atom is 0.431 e. The molecule has 3 rings (SSSR count). The first-order chi connectivity index (χ1) is 11.6. The van der Waals surface area contributed by atoms with E-state index in [4.69, 9.17) is 0 Å². The molecule has 2 unspecified atom stereocenters. The van der Waals surface area contributed by atoms with Crippen molar-refractivity contribution in [2.45, 2.75) is 30.1 Å². The molecule has 0 saturated carbocycles. The van der Waals surface area contributed by atoms with Gasteiger partial charge in [-0.25, -0.2) is 14.1 Å². The van der Waals surface area contributed by atoms with Gasteiger partial charge in [0.15, 0.2) is 0 Å². The number of aromatic nitrogens is 2. The largest absolute Gasteiger partial charge is 0.431 e. The summed E-state index contributed by atoms with van der Waals surface area (Å²) in [6, 6.07) is 4.64. The summed E-state index contributed by atoms with van der Waals surface area (Å²) in [4.78, 5) is 25.3. The van der Waals surface area contributed by atoms with Crippen LogP contribution in [0.15, 0.2) is 38.8 Å². The summed E-state index contributed by atoms with van der Waals surface area (Å²) in [6.07, 6.45) is -5.53. The highest BCUT2D eigenvalue weighted by Gasteiger charge is 2.35. The van der Waals surface area contributed by atoms with E-state index in [0.717, 1.165) is 11.9 Å². The lowest BCUT2D eigenvalue weighted by atomic mass is 10.0. The van der Waals surface area contributed by atoms with Gasteiger partial charge in [0.25, 0.3) is 5.56 Å². The van der Waals surface area contributed by atoms with E-state index >= 15 is 0 Å². The van der Waals surface area contributed by atoms with Gasteiger partial charge in [0, 0.05) is 18.0 Å². The smallest absolute Gasteiger partial charge is 0.391 e. The third-order valence-corrected chi connectivity index (χ3v) is 4.94. The third kappa shape index (κ3) is 3.00. The van der Waals surface area contributed by atoms with Gasteiger partial charge in [0.1, 0.15) is 5.69 Å². The molecule has 1 aromatic carbocycles. The Balaban J connectivity index is 2.19. The number of fused-ring (bicyclic) bond motifs is 1. The predicted molar refractivity (Wildman–Crippen MR) is 85.7 cm³/mol.